The lowest BCUT2D eigenvalue weighted by atomic mass is 10.1. The lowest BCUT2D eigenvalue weighted by Gasteiger charge is -2.11. The Labute approximate surface area is 146 Å². The van der Waals surface area contributed by atoms with Crippen LogP contribution in [-0.4, -0.2) is 20.4 Å². The van der Waals surface area contributed by atoms with Crippen LogP contribution in [0.2, 0.25) is 0 Å². The van der Waals surface area contributed by atoms with Crippen molar-refractivity contribution in [1.29, 1.82) is 0 Å². The van der Waals surface area contributed by atoms with Crippen molar-refractivity contribution in [3.05, 3.63) is 58.9 Å². The van der Waals surface area contributed by atoms with Crippen LogP contribution in [0.1, 0.15) is 34.3 Å². The molecule has 0 atom stereocenters. The minimum absolute atomic E-state index is 0.0229. The first-order chi connectivity index (χ1) is 11.8. The van der Waals surface area contributed by atoms with Crippen molar-refractivity contribution < 1.29 is 17.6 Å². The second-order valence-corrected chi connectivity index (χ2v) is 8.02. The number of anilines is 1. The Morgan fingerprint density at radius 3 is 2.48 bits per heavy atom. The number of hydrogen-bond donors (Lipinski definition) is 2. The molecule has 0 aromatic heterocycles. The van der Waals surface area contributed by atoms with E-state index in [1.54, 1.807) is 26.0 Å². The Kier molecular flexibility index (Phi) is 4.62. The van der Waals surface area contributed by atoms with Gasteiger partial charge in [0.05, 0.1) is 10.6 Å². The molecule has 1 fully saturated rings. The highest BCUT2D eigenvalue weighted by Crippen LogP contribution is 2.24. The fourth-order valence-corrected chi connectivity index (χ4v) is 3.74. The van der Waals surface area contributed by atoms with Gasteiger partial charge >= 0.3 is 0 Å². The summed E-state index contributed by atoms with van der Waals surface area (Å²) in [6.45, 7) is 3.45. The number of aryl methyl sites for hydroxylation is 2. The fourth-order valence-electron chi connectivity index (χ4n) is 2.41. The van der Waals surface area contributed by atoms with Gasteiger partial charge in [0, 0.05) is 11.6 Å². The Bertz CT molecular complexity index is 937. The number of benzene rings is 2. The van der Waals surface area contributed by atoms with E-state index in [0.717, 1.165) is 18.4 Å². The smallest absolute Gasteiger partial charge is 0.256 e. The molecule has 1 aliphatic carbocycles. The summed E-state index contributed by atoms with van der Waals surface area (Å²) in [6.07, 6.45) is 1.65. The molecule has 0 bridgehead atoms. The molecule has 0 heterocycles. The number of carbonyl (C=O) groups excluding carboxylic acids is 1. The first-order valence-electron chi connectivity index (χ1n) is 7.97. The van der Waals surface area contributed by atoms with Gasteiger partial charge in [-0.2, -0.15) is 0 Å². The highest BCUT2D eigenvalue weighted by Gasteiger charge is 2.28. The Morgan fingerprint density at radius 1 is 1.12 bits per heavy atom. The van der Waals surface area contributed by atoms with Crippen LogP contribution in [0.15, 0.2) is 41.3 Å². The van der Waals surface area contributed by atoms with Gasteiger partial charge in [-0.25, -0.2) is 17.5 Å². The largest absolute Gasteiger partial charge is 0.319 e. The van der Waals surface area contributed by atoms with Crippen LogP contribution in [0.3, 0.4) is 0 Å². The lowest BCUT2D eigenvalue weighted by molar-refractivity contribution is 0.102. The van der Waals surface area contributed by atoms with E-state index in [2.05, 4.69) is 10.0 Å². The zero-order chi connectivity index (χ0) is 18.2. The number of nitrogens with one attached hydrogen (secondary N) is 2. The second kappa shape index (κ2) is 6.57. The van der Waals surface area contributed by atoms with Crippen molar-refractivity contribution in [1.82, 2.24) is 4.72 Å². The summed E-state index contributed by atoms with van der Waals surface area (Å²) < 4.78 is 41.1. The molecule has 132 valence electrons. The molecule has 7 heteroatoms. The van der Waals surface area contributed by atoms with Gasteiger partial charge in [0.1, 0.15) is 5.82 Å². The molecule has 1 amide bonds. The van der Waals surface area contributed by atoms with E-state index in [1.807, 2.05) is 0 Å². The third-order valence-corrected chi connectivity index (χ3v) is 5.55. The monoisotopic (exact) mass is 362 g/mol. The zero-order valence-electron chi connectivity index (χ0n) is 14.0. The second-order valence-electron chi connectivity index (χ2n) is 6.31. The van der Waals surface area contributed by atoms with Crippen molar-refractivity contribution in [2.24, 2.45) is 0 Å². The van der Waals surface area contributed by atoms with E-state index in [0.29, 0.717) is 5.56 Å². The van der Waals surface area contributed by atoms with Gasteiger partial charge in [0.2, 0.25) is 10.0 Å². The fraction of sp³-hybridized carbons (Fsp3) is 0.278. The average molecular weight is 362 g/mol. The minimum Gasteiger partial charge on any atom is -0.319 e. The topological polar surface area (TPSA) is 75.3 Å². The molecule has 0 unspecified atom stereocenters. The van der Waals surface area contributed by atoms with E-state index in [1.165, 1.54) is 24.3 Å². The molecule has 1 saturated carbocycles. The molecule has 2 aromatic carbocycles. The van der Waals surface area contributed by atoms with Crippen molar-refractivity contribution in [3.63, 3.8) is 0 Å². The van der Waals surface area contributed by atoms with Gasteiger partial charge in [0.25, 0.3) is 5.91 Å². The quantitative estimate of drug-likeness (QED) is 0.858. The third kappa shape index (κ3) is 4.05. The summed E-state index contributed by atoms with van der Waals surface area (Å²) in [5.74, 6) is -1.09. The summed E-state index contributed by atoms with van der Waals surface area (Å²) in [4.78, 5) is 12.5. The van der Waals surface area contributed by atoms with Gasteiger partial charge < -0.3 is 5.32 Å². The van der Waals surface area contributed by atoms with Gasteiger partial charge in [-0.05, 0) is 62.1 Å². The van der Waals surface area contributed by atoms with Crippen LogP contribution in [-0.2, 0) is 10.0 Å². The van der Waals surface area contributed by atoms with Crippen LogP contribution in [0.25, 0.3) is 0 Å². The van der Waals surface area contributed by atoms with Gasteiger partial charge in [-0.3, -0.25) is 4.79 Å². The lowest BCUT2D eigenvalue weighted by Crippen LogP contribution is -2.26. The molecule has 1 aliphatic rings. The zero-order valence-corrected chi connectivity index (χ0v) is 14.8. The first-order valence-corrected chi connectivity index (χ1v) is 9.45. The first kappa shape index (κ1) is 17.6. The number of rotatable bonds is 5. The molecule has 2 N–H and O–H groups in total. The minimum atomic E-state index is -3.66. The summed E-state index contributed by atoms with van der Waals surface area (Å²) >= 11 is 0. The molecule has 0 saturated heterocycles. The number of carbonyl (C=O) groups is 1. The summed E-state index contributed by atoms with van der Waals surface area (Å²) in [5, 5.41) is 2.50. The van der Waals surface area contributed by atoms with Gasteiger partial charge in [0.15, 0.2) is 0 Å². The van der Waals surface area contributed by atoms with Crippen molar-refractivity contribution in [3.8, 4) is 0 Å². The number of sulfonamides is 1. The van der Waals surface area contributed by atoms with Crippen molar-refractivity contribution in [2.45, 2.75) is 37.6 Å². The standard InChI is InChI=1S/C18H19FN2O3S/c1-11-3-8-17(16(19)9-11)20-18(22)15-10-14(7-4-12(15)2)25(23,24)21-13-5-6-13/h3-4,7-10,13,21H,5-6H2,1-2H3,(H,20,22). The molecular formula is C18H19FN2O3S. The van der Waals surface area contributed by atoms with E-state index in [-0.39, 0.29) is 22.2 Å². The van der Waals surface area contributed by atoms with Gasteiger partial charge in [-0.1, -0.05) is 12.1 Å². The maximum atomic E-state index is 13.9. The Hall–Kier alpha value is -2.25. The predicted octanol–water partition coefficient (Wildman–Crippen LogP) is 3.14. The number of hydrogen-bond acceptors (Lipinski definition) is 3. The van der Waals surface area contributed by atoms with E-state index in [9.17, 15) is 17.6 Å². The van der Waals surface area contributed by atoms with Crippen LogP contribution < -0.4 is 10.0 Å². The van der Waals surface area contributed by atoms with E-state index >= 15 is 0 Å². The van der Waals surface area contributed by atoms with Crippen LogP contribution in [0, 0.1) is 19.7 Å². The third-order valence-electron chi connectivity index (χ3n) is 4.04. The maximum absolute atomic E-state index is 13.9. The van der Waals surface area contributed by atoms with Crippen LogP contribution in [0.5, 0.6) is 0 Å². The molecule has 5 nitrogen and oxygen atoms in total. The molecular weight excluding hydrogens is 343 g/mol. The summed E-state index contributed by atoms with van der Waals surface area (Å²) in [5.41, 5.74) is 1.60. The summed E-state index contributed by atoms with van der Waals surface area (Å²) in [7, 11) is -3.66. The highest BCUT2D eigenvalue weighted by atomic mass is 32.2. The Morgan fingerprint density at radius 2 is 1.84 bits per heavy atom. The molecule has 0 spiro atoms. The predicted molar refractivity (Wildman–Crippen MR) is 93.6 cm³/mol. The van der Waals surface area contributed by atoms with E-state index < -0.39 is 21.7 Å². The molecule has 3 rings (SSSR count). The van der Waals surface area contributed by atoms with E-state index in [4.69, 9.17) is 0 Å². The summed E-state index contributed by atoms with van der Waals surface area (Å²) in [6, 6.07) is 8.82. The SMILES string of the molecule is Cc1ccc(NC(=O)c2cc(S(=O)(=O)NC3CC3)ccc2C)c(F)c1. The van der Waals surface area contributed by atoms with Crippen LogP contribution >= 0.6 is 0 Å². The van der Waals surface area contributed by atoms with Gasteiger partial charge in [-0.15, -0.1) is 0 Å². The Balaban J connectivity index is 1.88. The maximum Gasteiger partial charge on any atom is 0.256 e. The molecule has 25 heavy (non-hydrogen) atoms. The molecule has 2 aromatic rings. The van der Waals surface area contributed by atoms with Crippen LogP contribution in [0.4, 0.5) is 10.1 Å². The molecule has 0 aliphatic heterocycles. The number of halogens is 1. The molecule has 0 radical (unpaired) electrons. The van der Waals surface area contributed by atoms with Crippen molar-refractivity contribution in [2.75, 3.05) is 5.32 Å². The average Bonchev–Trinajstić information content (AvgIpc) is 3.33. The van der Waals surface area contributed by atoms with Crippen molar-refractivity contribution >= 4 is 21.6 Å². The normalized spacial score (nSPS) is 14.4. The number of amides is 1. The highest BCUT2D eigenvalue weighted by molar-refractivity contribution is 7.89.